The fourth-order valence-corrected chi connectivity index (χ4v) is 2.87. The van der Waals surface area contributed by atoms with Gasteiger partial charge in [-0.2, -0.15) is 0 Å². The van der Waals surface area contributed by atoms with E-state index >= 15 is 0 Å². The largest absolute Gasteiger partial charge is 0.396 e. The molecule has 0 aliphatic carbocycles. The molecule has 0 radical (unpaired) electrons. The second-order valence-corrected chi connectivity index (χ2v) is 6.91. The van der Waals surface area contributed by atoms with Crippen LogP contribution in [0.5, 0.6) is 0 Å². The van der Waals surface area contributed by atoms with E-state index < -0.39 is 10.0 Å². The van der Waals surface area contributed by atoms with E-state index in [0.717, 1.165) is 4.31 Å². The van der Waals surface area contributed by atoms with Crippen molar-refractivity contribution in [3.05, 3.63) is 18.2 Å². The van der Waals surface area contributed by atoms with Crippen LogP contribution in [0.3, 0.4) is 0 Å². The number of likely N-dealkylation sites (N-methyl/N-ethyl adjacent to an activating group) is 2. The summed E-state index contributed by atoms with van der Waals surface area (Å²) in [7, 11) is 0.955. The molecule has 0 atom stereocenters. The number of rotatable bonds is 6. The van der Waals surface area contributed by atoms with Gasteiger partial charge in [0.05, 0.1) is 17.9 Å². The number of hydrogen-bond acceptors (Lipinski definition) is 5. The van der Waals surface area contributed by atoms with Crippen molar-refractivity contribution in [3.8, 4) is 0 Å². The first-order valence-electron chi connectivity index (χ1n) is 6.50. The smallest absolute Gasteiger partial charge is 0.244 e. The Morgan fingerprint density at radius 2 is 1.90 bits per heavy atom. The van der Waals surface area contributed by atoms with Crippen molar-refractivity contribution in [1.82, 2.24) is 9.62 Å². The molecule has 1 aromatic carbocycles. The molecule has 3 N–H and O–H groups in total. The van der Waals surface area contributed by atoms with Crippen molar-refractivity contribution in [2.24, 2.45) is 0 Å². The molecule has 0 saturated heterocycles. The van der Waals surface area contributed by atoms with Crippen LogP contribution in [0, 0.1) is 0 Å². The van der Waals surface area contributed by atoms with Gasteiger partial charge in [0.1, 0.15) is 4.90 Å². The van der Waals surface area contributed by atoms with E-state index in [4.69, 9.17) is 5.73 Å². The number of nitrogens with zero attached hydrogens (tertiary/aromatic N) is 2. The van der Waals surface area contributed by atoms with E-state index in [2.05, 4.69) is 5.32 Å². The minimum absolute atomic E-state index is 0.0350. The molecule has 0 spiro atoms. The lowest BCUT2D eigenvalue weighted by atomic mass is 10.2. The van der Waals surface area contributed by atoms with Crippen LogP contribution >= 0.6 is 0 Å². The Morgan fingerprint density at radius 1 is 1.29 bits per heavy atom. The van der Waals surface area contributed by atoms with Gasteiger partial charge in [0.2, 0.25) is 15.9 Å². The van der Waals surface area contributed by atoms with Crippen LogP contribution in [-0.2, 0) is 14.8 Å². The summed E-state index contributed by atoms with van der Waals surface area (Å²) in [5.74, 6) is -0.153. The highest BCUT2D eigenvalue weighted by atomic mass is 32.2. The number of nitrogens with two attached hydrogens (primary N) is 1. The molecule has 0 aliphatic heterocycles. The van der Waals surface area contributed by atoms with Crippen molar-refractivity contribution in [2.75, 3.05) is 44.9 Å². The lowest BCUT2D eigenvalue weighted by Gasteiger charge is -2.22. The van der Waals surface area contributed by atoms with E-state index in [-0.39, 0.29) is 23.0 Å². The zero-order valence-electron chi connectivity index (χ0n) is 12.8. The van der Waals surface area contributed by atoms with E-state index in [9.17, 15) is 13.2 Å². The van der Waals surface area contributed by atoms with E-state index in [1.807, 2.05) is 6.92 Å². The molecule has 118 valence electrons. The molecule has 0 heterocycles. The van der Waals surface area contributed by atoms with E-state index in [0.29, 0.717) is 12.2 Å². The first-order valence-corrected chi connectivity index (χ1v) is 7.94. The molecule has 1 amide bonds. The molecule has 1 rings (SSSR count). The maximum atomic E-state index is 12.2. The van der Waals surface area contributed by atoms with Gasteiger partial charge in [-0.1, -0.05) is 6.07 Å². The zero-order valence-corrected chi connectivity index (χ0v) is 13.6. The van der Waals surface area contributed by atoms with Crippen molar-refractivity contribution in [2.45, 2.75) is 11.8 Å². The number of nitrogens with one attached hydrogen (secondary N) is 1. The minimum atomic E-state index is -3.62. The van der Waals surface area contributed by atoms with Crippen molar-refractivity contribution < 1.29 is 13.2 Å². The highest BCUT2D eigenvalue weighted by Gasteiger charge is 2.23. The van der Waals surface area contributed by atoms with Gasteiger partial charge in [0, 0.05) is 27.7 Å². The van der Waals surface area contributed by atoms with Gasteiger partial charge in [0.25, 0.3) is 0 Å². The standard InChI is InChI=1S/C13H22N4O3S/c1-5-15-12(18)9-17(4)10-7-6-8-11(13(10)14)21(19,20)16(2)3/h6-8H,5,9,14H2,1-4H3,(H,15,18). The van der Waals surface area contributed by atoms with Crippen LogP contribution in [-0.4, -0.2) is 52.9 Å². The molecule has 0 unspecified atom stereocenters. The third-order valence-electron chi connectivity index (χ3n) is 2.97. The minimum Gasteiger partial charge on any atom is -0.396 e. The Labute approximate surface area is 125 Å². The van der Waals surface area contributed by atoms with E-state index in [1.54, 1.807) is 24.1 Å². The number of sulfonamides is 1. The average Bonchev–Trinajstić information content (AvgIpc) is 2.38. The van der Waals surface area contributed by atoms with Crippen LogP contribution in [0.2, 0.25) is 0 Å². The van der Waals surface area contributed by atoms with Crippen LogP contribution in [0.1, 0.15) is 6.92 Å². The lowest BCUT2D eigenvalue weighted by molar-refractivity contribution is -0.119. The maximum Gasteiger partial charge on any atom is 0.244 e. The van der Waals surface area contributed by atoms with Crippen LogP contribution < -0.4 is 16.0 Å². The van der Waals surface area contributed by atoms with Crippen LogP contribution in [0.15, 0.2) is 23.1 Å². The fourth-order valence-electron chi connectivity index (χ4n) is 1.84. The number of carbonyl (C=O) groups is 1. The van der Waals surface area contributed by atoms with Gasteiger partial charge >= 0.3 is 0 Å². The Bertz CT molecular complexity index is 614. The molecule has 0 aliphatic rings. The summed E-state index contributed by atoms with van der Waals surface area (Å²) in [4.78, 5) is 13.3. The predicted octanol–water partition coefficient (Wildman–Crippen LogP) is 0.0914. The first-order chi connectivity index (χ1) is 9.71. The summed E-state index contributed by atoms with van der Waals surface area (Å²) in [5, 5.41) is 2.68. The molecule has 21 heavy (non-hydrogen) atoms. The molecule has 0 aromatic heterocycles. The van der Waals surface area contributed by atoms with Crippen molar-refractivity contribution >= 4 is 27.3 Å². The molecule has 0 bridgehead atoms. The first kappa shape index (κ1) is 17.3. The Balaban J connectivity index is 3.15. The Hall–Kier alpha value is -1.80. The molecule has 0 saturated carbocycles. The van der Waals surface area contributed by atoms with E-state index in [1.165, 1.54) is 20.2 Å². The summed E-state index contributed by atoms with van der Waals surface area (Å²) in [6.07, 6.45) is 0. The normalized spacial score (nSPS) is 11.5. The van der Waals surface area contributed by atoms with Gasteiger partial charge in [-0.15, -0.1) is 0 Å². The van der Waals surface area contributed by atoms with Gasteiger partial charge in [-0.3, -0.25) is 4.79 Å². The second-order valence-electron chi connectivity index (χ2n) is 4.79. The molecule has 0 fully saturated rings. The maximum absolute atomic E-state index is 12.2. The second kappa shape index (κ2) is 6.77. The molecular formula is C13H22N4O3S. The SMILES string of the molecule is CCNC(=O)CN(C)c1cccc(S(=O)(=O)N(C)C)c1N. The van der Waals surface area contributed by atoms with Gasteiger partial charge < -0.3 is 16.0 Å². The number of nitrogen functional groups attached to an aromatic ring is 1. The summed E-state index contributed by atoms with van der Waals surface area (Å²) in [5.41, 5.74) is 6.62. The summed E-state index contributed by atoms with van der Waals surface area (Å²) >= 11 is 0. The number of para-hydroxylation sites is 1. The summed E-state index contributed by atoms with van der Waals surface area (Å²) in [6.45, 7) is 2.47. The van der Waals surface area contributed by atoms with Gasteiger partial charge in [0.15, 0.2) is 0 Å². The fraction of sp³-hybridized carbons (Fsp3) is 0.462. The predicted molar refractivity (Wildman–Crippen MR) is 83.7 cm³/mol. The van der Waals surface area contributed by atoms with Crippen LogP contribution in [0.25, 0.3) is 0 Å². The highest BCUT2D eigenvalue weighted by Crippen LogP contribution is 2.30. The zero-order chi connectivity index (χ0) is 16.2. The quantitative estimate of drug-likeness (QED) is 0.726. The molecule has 8 heteroatoms. The number of anilines is 2. The van der Waals surface area contributed by atoms with Gasteiger partial charge in [-0.25, -0.2) is 12.7 Å². The van der Waals surface area contributed by atoms with Crippen LogP contribution in [0.4, 0.5) is 11.4 Å². The van der Waals surface area contributed by atoms with Gasteiger partial charge in [-0.05, 0) is 19.1 Å². The molecule has 1 aromatic rings. The summed E-state index contributed by atoms with van der Waals surface area (Å²) < 4.78 is 25.5. The average molecular weight is 314 g/mol. The highest BCUT2D eigenvalue weighted by molar-refractivity contribution is 7.89. The Morgan fingerprint density at radius 3 is 2.43 bits per heavy atom. The lowest BCUT2D eigenvalue weighted by Crippen LogP contribution is -2.35. The third kappa shape index (κ3) is 3.85. The number of hydrogen-bond donors (Lipinski definition) is 2. The van der Waals surface area contributed by atoms with Crippen molar-refractivity contribution in [1.29, 1.82) is 0 Å². The number of carbonyl (C=O) groups excluding carboxylic acids is 1. The summed E-state index contributed by atoms with van der Waals surface area (Å²) in [6, 6.07) is 4.74. The van der Waals surface area contributed by atoms with Crippen molar-refractivity contribution in [3.63, 3.8) is 0 Å². The monoisotopic (exact) mass is 314 g/mol. The Kier molecular flexibility index (Phi) is 5.56. The topological polar surface area (TPSA) is 95.7 Å². The molecule has 7 nitrogen and oxygen atoms in total. The third-order valence-corrected chi connectivity index (χ3v) is 4.84. The number of amides is 1. The number of benzene rings is 1. The molecular weight excluding hydrogens is 292 g/mol.